The van der Waals surface area contributed by atoms with E-state index in [2.05, 4.69) is 0 Å². The zero-order valence-corrected chi connectivity index (χ0v) is 5.97. The van der Waals surface area contributed by atoms with Crippen molar-refractivity contribution in [2.24, 2.45) is 5.92 Å². The van der Waals surface area contributed by atoms with Crippen molar-refractivity contribution < 1.29 is 0 Å². The fraction of sp³-hybridized carbons (Fsp3) is 1.00. The molecular formula is C7H14NO-. The quantitative estimate of drug-likeness (QED) is 0.537. The van der Waals surface area contributed by atoms with Crippen LogP contribution in [0.5, 0.6) is 0 Å². The first kappa shape index (κ1) is 7.03. The molecule has 0 amide bonds. The summed E-state index contributed by atoms with van der Waals surface area (Å²) in [5.41, 5.74) is 0. The second-order valence-corrected chi connectivity index (χ2v) is 2.75. The summed E-state index contributed by atoms with van der Waals surface area (Å²) in [6, 6.07) is 0. The van der Waals surface area contributed by atoms with Gasteiger partial charge in [0.2, 0.25) is 0 Å². The summed E-state index contributed by atoms with van der Waals surface area (Å²) in [4.78, 5) is 0. The lowest BCUT2D eigenvalue weighted by Gasteiger charge is -2.25. The van der Waals surface area contributed by atoms with E-state index in [4.69, 9.17) is 0 Å². The van der Waals surface area contributed by atoms with Crippen molar-refractivity contribution in [2.75, 3.05) is 13.1 Å². The smallest absolute Gasteiger partial charge is 0.0142 e. The van der Waals surface area contributed by atoms with Gasteiger partial charge in [0.1, 0.15) is 0 Å². The normalized spacial score (nSPS) is 19.0. The lowest BCUT2D eigenvalue weighted by Crippen LogP contribution is -2.16. The third-order valence-electron chi connectivity index (χ3n) is 1.84. The van der Waals surface area contributed by atoms with Crippen LogP contribution in [-0.4, -0.2) is 18.2 Å². The molecular weight excluding hydrogens is 114 g/mol. The van der Waals surface area contributed by atoms with Crippen LogP contribution in [0.2, 0.25) is 0 Å². The standard InChI is InChI=1S/C7H14NO/c1-2-8(9)6-5-7-3-4-7/h7H,2-6H2,1H3/q-1. The first-order chi connectivity index (χ1) is 4.33. The van der Waals surface area contributed by atoms with Crippen LogP contribution in [0.4, 0.5) is 0 Å². The molecule has 0 heterocycles. The van der Waals surface area contributed by atoms with E-state index >= 15 is 0 Å². The Kier molecular flexibility index (Phi) is 2.49. The largest absolute Gasteiger partial charge is 0.785 e. The molecule has 1 aliphatic carbocycles. The van der Waals surface area contributed by atoms with Crippen LogP contribution in [0, 0.1) is 11.1 Å². The van der Waals surface area contributed by atoms with Gasteiger partial charge in [0.15, 0.2) is 0 Å². The van der Waals surface area contributed by atoms with Crippen molar-refractivity contribution in [2.45, 2.75) is 26.2 Å². The van der Waals surface area contributed by atoms with E-state index in [1.165, 1.54) is 12.8 Å². The first-order valence-electron chi connectivity index (χ1n) is 3.75. The van der Waals surface area contributed by atoms with Crippen LogP contribution in [0.3, 0.4) is 0 Å². The van der Waals surface area contributed by atoms with Gasteiger partial charge in [-0.2, -0.15) is 0 Å². The highest BCUT2D eigenvalue weighted by Crippen LogP contribution is 2.32. The molecule has 1 aliphatic rings. The molecule has 2 heteroatoms. The molecule has 0 aromatic heterocycles. The Morgan fingerprint density at radius 3 is 2.67 bits per heavy atom. The van der Waals surface area contributed by atoms with E-state index < -0.39 is 0 Å². The number of hydroxylamine groups is 2. The minimum atomic E-state index is 0.646. The van der Waals surface area contributed by atoms with Gasteiger partial charge in [0, 0.05) is 0 Å². The van der Waals surface area contributed by atoms with E-state index in [0.717, 1.165) is 23.9 Å². The monoisotopic (exact) mass is 128 g/mol. The van der Waals surface area contributed by atoms with Crippen molar-refractivity contribution in [3.63, 3.8) is 0 Å². The van der Waals surface area contributed by atoms with Crippen molar-refractivity contribution >= 4 is 0 Å². The van der Waals surface area contributed by atoms with Gasteiger partial charge in [-0.25, -0.2) is 0 Å². The van der Waals surface area contributed by atoms with Crippen LogP contribution in [0.15, 0.2) is 0 Å². The Balaban J connectivity index is 1.90. The van der Waals surface area contributed by atoms with Crippen LogP contribution in [0.1, 0.15) is 26.2 Å². The fourth-order valence-electron chi connectivity index (χ4n) is 0.891. The van der Waals surface area contributed by atoms with Crippen molar-refractivity contribution in [3.05, 3.63) is 5.21 Å². The number of hydrogen-bond acceptors (Lipinski definition) is 2. The molecule has 0 unspecified atom stereocenters. The Labute approximate surface area is 56.4 Å². The Bertz CT molecular complexity index is 81.0. The van der Waals surface area contributed by atoms with Gasteiger partial charge in [-0.1, -0.05) is 19.8 Å². The predicted molar refractivity (Wildman–Crippen MR) is 38.0 cm³/mol. The van der Waals surface area contributed by atoms with Gasteiger partial charge in [0.05, 0.1) is 0 Å². The van der Waals surface area contributed by atoms with E-state index in [1.54, 1.807) is 0 Å². The van der Waals surface area contributed by atoms with Gasteiger partial charge in [-0.3, -0.25) is 0 Å². The molecule has 0 atom stereocenters. The lowest BCUT2D eigenvalue weighted by atomic mass is 10.3. The molecule has 0 aromatic rings. The number of nitrogens with zero attached hydrogens (tertiary/aromatic N) is 1. The molecule has 0 aromatic carbocycles. The molecule has 0 spiro atoms. The molecule has 0 saturated heterocycles. The van der Waals surface area contributed by atoms with Crippen LogP contribution >= 0.6 is 0 Å². The molecule has 0 radical (unpaired) electrons. The maximum absolute atomic E-state index is 10.7. The predicted octanol–water partition coefficient (Wildman–Crippen LogP) is 1.61. The van der Waals surface area contributed by atoms with E-state index in [0.29, 0.717) is 6.54 Å². The average Bonchev–Trinajstić information content (AvgIpc) is 2.65. The van der Waals surface area contributed by atoms with Gasteiger partial charge < -0.3 is 10.3 Å². The highest BCUT2D eigenvalue weighted by atomic mass is 16.5. The summed E-state index contributed by atoms with van der Waals surface area (Å²) in [5, 5.41) is 11.8. The number of hydrogen-bond donors (Lipinski definition) is 0. The Morgan fingerprint density at radius 2 is 2.22 bits per heavy atom. The highest BCUT2D eigenvalue weighted by Gasteiger charge is 2.19. The number of rotatable bonds is 4. The van der Waals surface area contributed by atoms with Gasteiger partial charge >= 0.3 is 0 Å². The molecule has 0 aliphatic heterocycles. The zero-order valence-electron chi connectivity index (χ0n) is 5.97. The second kappa shape index (κ2) is 3.18. The molecule has 54 valence electrons. The van der Waals surface area contributed by atoms with Crippen molar-refractivity contribution in [3.8, 4) is 0 Å². The summed E-state index contributed by atoms with van der Waals surface area (Å²) in [6.07, 6.45) is 3.84. The molecule has 0 bridgehead atoms. The highest BCUT2D eigenvalue weighted by molar-refractivity contribution is 4.74. The molecule has 2 nitrogen and oxygen atoms in total. The van der Waals surface area contributed by atoms with E-state index in [-0.39, 0.29) is 0 Å². The van der Waals surface area contributed by atoms with Crippen LogP contribution in [0.25, 0.3) is 0 Å². The third kappa shape index (κ3) is 2.82. The van der Waals surface area contributed by atoms with E-state index in [9.17, 15) is 5.21 Å². The lowest BCUT2D eigenvalue weighted by molar-refractivity contribution is 0.380. The SMILES string of the molecule is CCN([O-])CCC1CC1. The summed E-state index contributed by atoms with van der Waals surface area (Å²) >= 11 is 0. The summed E-state index contributed by atoms with van der Waals surface area (Å²) in [7, 11) is 0. The third-order valence-corrected chi connectivity index (χ3v) is 1.84. The maximum atomic E-state index is 10.7. The average molecular weight is 128 g/mol. The molecule has 9 heavy (non-hydrogen) atoms. The van der Waals surface area contributed by atoms with Gasteiger partial charge in [-0.15, -0.1) is 0 Å². The Morgan fingerprint density at radius 1 is 1.56 bits per heavy atom. The topological polar surface area (TPSA) is 26.3 Å². The molecule has 1 fully saturated rings. The summed E-state index contributed by atoms with van der Waals surface area (Å²) < 4.78 is 0. The molecule has 1 rings (SSSR count). The fourth-order valence-corrected chi connectivity index (χ4v) is 0.891. The van der Waals surface area contributed by atoms with Crippen LogP contribution < -0.4 is 0 Å². The Hall–Kier alpha value is -0.0800. The van der Waals surface area contributed by atoms with Gasteiger partial charge in [-0.05, 0) is 25.4 Å². The van der Waals surface area contributed by atoms with Crippen molar-refractivity contribution in [1.29, 1.82) is 0 Å². The summed E-state index contributed by atoms with van der Waals surface area (Å²) in [5.74, 6) is 0.896. The summed E-state index contributed by atoms with van der Waals surface area (Å²) in [6.45, 7) is 3.30. The zero-order chi connectivity index (χ0) is 6.69. The van der Waals surface area contributed by atoms with Crippen molar-refractivity contribution in [1.82, 2.24) is 5.06 Å². The molecule has 1 saturated carbocycles. The first-order valence-corrected chi connectivity index (χ1v) is 3.75. The maximum Gasteiger partial charge on any atom is -0.0142 e. The molecule has 0 N–H and O–H groups in total. The second-order valence-electron chi connectivity index (χ2n) is 2.75. The van der Waals surface area contributed by atoms with E-state index in [1.807, 2.05) is 6.92 Å². The minimum absolute atomic E-state index is 0.646. The minimum Gasteiger partial charge on any atom is -0.785 e. The van der Waals surface area contributed by atoms with Crippen LogP contribution in [-0.2, 0) is 0 Å². The van der Waals surface area contributed by atoms with Gasteiger partial charge in [0.25, 0.3) is 0 Å².